The Kier molecular flexibility index (Phi) is 3.12. The fourth-order valence-electron chi connectivity index (χ4n) is 4.21. The molecule has 0 amide bonds. The molecule has 1 aromatic heterocycles. The van der Waals surface area contributed by atoms with E-state index in [9.17, 15) is 4.79 Å². The molecule has 6 nitrogen and oxygen atoms in total. The van der Waals surface area contributed by atoms with E-state index >= 15 is 0 Å². The van der Waals surface area contributed by atoms with Gasteiger partial charge in [-0.1, -0.05) is 0 Å². The van der Waals surface area contributed by atoms with Crippen LogP contribution in [-0.2, 0) is 15.9 Å². The molecule has 6 heteroatoms. The van der Waals surface area contributed by atoms with Gasteiger partial charge < -0.3 is 23.4 Å². The Morgan fingerprint density at radius 1 is 1.32 bits per heavy atom. The van der Waals surface area contributed by atoms with Crippen molar-refractivity contribution in [2.24, 2.45) is 0 Å². The average Bonchev–Trinajstić information content (AvgIpc) is 3.28. The maximum absolute atomic E-state index is 12.7. The molecule has 2 unspecified atom stereocenters. The molecule has 5 rings (SSSR count). The topological polar surface area (TPSA) is 67.1 Å². The first-order valence-electron chi connectivity index (χ1n) is 8.53. The average molecular weight is 342 g/mol. The fraction of sp³-hybridized carbons (Fsp3) is 0.421. The lowest BCUT2D eigenvalue weighted by Gasteiger charge is -2.14. The third-order valence-corrected chi connectivity index (χ3v) is 5.22. The van der Waals surface area contributed by atoms with Gasteiger partial charge in [0.05, 0.1) is 41.9 Å². The van der Waals surface area contributed by atoms with Crippen LogP contribution in [0.4, 0.5) is 0 Å². The molecule has 130 valence electrons. The Morgan fingerprint density at radius 3 is 3.00 bits per heavy atom. The Hall–Kier alpha value is -2.47. The van der Waals surface area contributed by atoms with Crippen molar-refractivity contribution in [3.8, 4) is 11.5 Å². The Bertz CT molecular complexity index is 957. The van der Waals surface area contributed by atoms with Crippen LogP contribution in [0.1, 0.15) is 42.1 Å². The van der Waals surface area contributed by atoms with Gasteiger partial charge in [0.2, 0.25) is 0 Å². The minimum absolute atomic E-state index is 0.0753. The number of hydrogen-bond donors (Lipinski definition) is 0. The normalized spacial score (nSPS) is 25.4. The summed E-state index contributed by atoms with van der Waals surface area (Å²) in [5.74, 6) is 1.22. The minimum Gasteiger partial charge on any atom is -0.496 e. The summed E-state index contributed by atoms with van der Waals surface area (Å²) < 4.78 is 28.4. The van der Waals surface area contributed by atoms with Crippen LogP contribution in [0.5, 0.6) is 11.5 Å². The van der Waals surface area contributed by atoms with Crippen molar-refractivity contribution in [2.75, 3.05) is 13.7 Å². The highest BCUT2D eigenvalue weighted by atomic mass is 16.7. The summed E-state index contributed by atoms with van der Waals surface area (Å²) >= 11 is 0. The maximum atomic E-state index is 12.7. The van der Waals surface area contributed by atoms with E-state index in [1.165, 1.54) is 0 Å². The molecule has 3 atom stereocenters. The van der Waals surface area contributed by atoms with Crippen LogP contribution in [0.2, 0.25) is 0 Å². The van der Waals surface area contributed by atoms with E-state index in [1.54, 1.807) is 13.4 Å². The molecule has 3 heterocycles. The summed E-state index contributed by atoms with van der Waals surface area (Å²) in [5, 5.41) is 0.850. The van der Waals surface area contributed by atoms with E-state index in [0.29, 0.717) is 29.3 Å². The molecule has 0 bridgehead atoms. The van der Waals surface area contributed by atoms with Gasteiger partial charge in [-0.3, -0.25) is 0 Å². The van der Waals surface area contributed by atoms with E-state index in [-0.39, 0.29) is 17.6 Å². The van der Waals surface area contributed by atoms with Crippen molar-refractivity contribution in [3.63, 3.8) is 0 Å². The molecule has 25 heavy (non-hydrogen) atoms. The molecule has 1 aromatic carbocycles. The Balaban J connectivity index is 1.83. The number of ether oxygens (including phenoxy) is 4. The second-order valence-corrected chi connectivity index (χ2v) is 6.44. The van der Waals surface area contributed by atoms with Crippen LogP contribution in [0, 0.1) is 0 Å². The summed E-state index contributed by atoms with van der Waals surface area (Å²) in [4.78, 5) is 12.7. The molecule has 0 N–H and O–H groups in total. The van der Waals surface area contributed by atoms with E-state index in [2.05, 4.69) is 0 Å². The quantitative estimate of drug-likeness (QED) is 0.798. The van der Waals surface area contributed by atoms with Gasteiger partial charge in [-0.15, -0.1) is 0 Å². The predicted octanol–water partition coefficient (Wildman–Crippen LogP) is 3.17. The second-order valence-electron chi connectivity index (χ2n) is 6.44. The molecule has 0 fully saturated rings. The van der Waals surface area contributed by atoms with Gasteiger partial charge in [0, 0.05) is 12.7 Å². The van der Waals surface area contributed by atoms with Gasteiger partial charge in [-0.25, -0.2) is 4.79 Å². The first-order valence-corrected chi connectivity index (χ1v) is 8.53. The summed E-state index contributed by atoms with van der Waals surface area (Å²) in [7, 11) is 1.61. The molecule has 0 spiro atoms. The minimum atomic E-state index is -0.403. The van der Waals surface area contributed by atoms with Crippen LogP contribution in [-0.4, -0.2) is 20.0 Å². The number of benzene rings is 1. The van der Waals surface area contributed by atoms with Crippen LogP contribution in [0.25, 0.3) is 11.0 Å². The largest absolute Gasteiger partial charge is 0.496 e. The van der Waals surface area contributed by atoms with E-state index in [4.69, 9.17) is 23.4 Å². The van der Waals surface area contributed by atoms with Crippen LogP contribution < -0.4 is 15.1 Å². The van der Waals surface area contributed by atoms with Gasteiger partial charge in [0.25, 0.3) is 6.29 Å². The molecule has 2 aromatic rings. The van der Waals surface area contributed by atoms with Gasteiger partial charge >= 0.3 is 5.63 Å². The fourth-order valence-corrected chi connectivity index (χ4v) is 4.21. The zero-order valence-corrected chi connectivity index (χ0v) is 14.0. The molecular weight excluding hydrogens is 324 g/mol. The molecule has 0 saturated carbocycles. The number of aryl methyl sites for hydroxylation is 1. The monoisotopic (exact) mass is 342 g/mol. The van der Waals surface area contributed by atoms with E-state index in [1.807, 2.05) is 19.1 Å². The Morgan fingerprint density at radius 2 is 2.20 bits per heavy atom. The standard InChI is InChI=1S/C19H18O6/c1-3-22-11-5-4-9-14-12(21-2)8-13-15(10-6-7-23-19(10)24-13)17(14)25-18(20)16(9)11/h6-8,10-11,19H,3-5H2,1-2H3/t10?,11-,19?/m0/s1. The first kappa shape index (κ1) is 14.8. The first-order chi connectivity index (χ1) is 12.2. The van der Waals surface area contributed by atoms with Crippen LogP contribution >= 0.6 is 0 Å². The van der Waals surface area contributed by atoms with Crippen molar-refractivity contribution in [2.45, 2.75) is 38.1 Å². The van der Waals surface area contributed by atoms with Gasteiger partial charge in [-0.05, 0) is 31.4 Å². The number of hydrogen-bond acceptors (Lipinski definition) is 6. The van der Waals surface area contributed by atoms with Crippen LogP contribution in [0.3, 0.4) is 0 Å². The zero-order valence-electron chi connectivity index (χ0n) is 14.0. The molecule has 2 aliphatic heterocycles. The Labute approximate surface area is 143 Å². The van der Waals surface area contributed by atoms with Crippen molar-refractivity contribution < 1.29 is 23.4 Å². The number of fused-ring (bicyclic) bond motifs is 7. The van der Waals surface area contributed by atoms with Crippen molar-refractivity contribution in [1.82, 2.24) is 0 Å². The number of rotatable bonds is 3. The highest BCUT2D eigenvalue weighted by Gasteiger charge is 2.42. The molecule has 1 aliphatic carbocycles. The SMILES string of the molecule is CCO[C@H]1CCc2c1c(=O)oc1c3c(cc(OC)c21)OC1OC=CC31. The van der Waals surface area contributed by atoms with Crippen LogP contribution in [0.15, 0.2) is 27.6 Å². The zero-order chi connectivity index (χ0) is 17.1. The third kappa shape index (κ3) is 1.91. The molecular formula is C19H18O6. The molecule has 3 aliphatic rings. The van der Waals surface area contributed by atoms with Crippen molar-refractivity contribution >= 4 is 11.0 Å². The molecule has 0 radical (unpaired) electrons. The smallest absolute Gasteiger partial charge is 0.342 e. The summed E-state index contributed by atoms with van der Waals surface area (Å²) in [5.41, 5.74) is 2.66. The lowest BCUT2D eigenvalue weighted by molar-refractivity contribution is -0.00485. The summed E-state index contributed by atoms with van der Waals surface area (Å²) in [6.07, 6.45) is 4.48. The van der Waals surface area contributed by atoms with Gasteiger partial charge in [-0.2, -0.15) is 0 Å². The maximum Gasteiger partial charge on any atom is 0.342 e. The van der Waals surface area contributed by atoms with Crippen molar-refractivity contribution in [1.29, 1.82) is 0 Å². The molecule has 0 saturated heterocycles. The van der Waals surface area contributed by atoms with Crippen molar-refractivity contribution in [3.05, 3.63) is 45.5 Å². The highest BCUT2D eigenvalue weighted by Crippen LogP contribution is 2.50. The third-order valence-electron chi connectivity index (χ3n) is 5.22. The predicted molar refractivity (Wildman–Crippen MR) is 89.1 cm³/mol. The number of methoxy groups -OCH3 is 1. The summed E-state index contributed by atoms with van der Waals surface area (Å²) in [6, 6.07) is 1.86. The lowest BCUT2D eigenvalue weighted by atomic mass is 9.95. The highest BCUT2D eigenvalue weighted by molar-refractivity contribution is 5.93. The van der Waals surface area contributed by atoms with E-state index < -0.39 is 6.29 Å². The second kappa shape index (κ2) is 5.26. The van der Waals surface area contributed by atoms with Gasteiger partial charge in [0.15, 0.2) is 0 Å². The lowest BCUT2D eigenvalue weighted by Crippen LogP contribution is -2.15. The summed E-state index contributed by atoms with van der Waals surface area (Å²) in [6.45, 7) is 2.49. The van der Waals surface area contributed by atoms with E-state index in [0.717, 1.165) is 29.4 Å². The van der Waals surface area contributed by atoms with Gasteiger partial charge in [0.1, 0.15) is 17.1 Å².